The summed E-state index contributed by atoms with van der Waals surface area (Å²) in [5.74, 6) is -0.319. The number of benzene rings is 1. The lowest BCUT2D eigenvalue weighted by atomic mass is 9.97. The molecular weight excluding hydrogens is 209 g/mol. The van der Waals surface area contributed by atoms with E-state index in [1.54, 1.807) is 6.07 Å². The molecule has 1 saturated heterocycles. The van der Waals surface area contributed by atoms with E-state index in [0.717, 1.165) is 31.5 Å². The monoisotopic (exact) mass is 225 g/mol. The molecule has 3 nitrogen and oxygen atoms in total. The van der Waals surface area contributed by atoms with Gasteiger partial charge in [0.15, 0.2) is 11.5 Å². The third-order valence-corrected chi connectivity index (χ3v) is 3.03. The fourth-order valence-corrected chi connectivity index (χ4v) is 2.17. The molecule has 1 aliphatic heterocycles. The second-order valence-corrected chi connectivity index (χ2v) is 4.15. The zero-order valence-corrected chi connectivity index (χ0v) is 9.29. The first-order valence-electron chi connectivity index (χ1n) is 5.47. The molecule has 1 aromatic carbocycles. The molecule has 16 heavy (non-hydrogen) atoms. The van der Waals surface area contributed by atoms with Crippen molar-refractivity contribution in [2.75, 3.05) is 20.2 Å². The van der Waals surface area contributed by atoms with Gasteiger partial charge in [0.2, 0.25) is 5.82 Å². The zero-order valence-electron chi connectivity index (χ0n) is 9.29. The molecule has 1 aromatic rings. The van der Waals surface area contributed by atoms with Gasteiger partial charge in [-0.1, -0.05) is 6.07 Å². The Kier molecular flexibility index (Phi) is 3.29. The van der Waals surface area contributed by atoms with Gasteiger partial charge in [0.05, 0.1) is 7.11 Å². The van der Waals surface area contributed by atoms with E-state index in [0.29, 0.717) is 5.92 Å². The topological polar surface area (TPSA) is 41.5 Å². The summed E-state index contributed by atoms with van der Waals surface area (Å²) in [4.78, 5) is 0. The summed E-state index contributed by atoms with van der Waals surface area (Å²) in [5, 5.41) is 12.5. The number of phenols is 1. The van der Waals surface area contributed by atoms with Crippen molar-refractivity contribution in [2.24, 2.45) is 5.92 Å². The lowest BCUT2D eigenvalue weighted by molar-refractivity contribution is 0.357. The Morgan fingerprint density at radius 1 is 1.56 bits per heavy atom. The van der Waals surface area contributed by atoms with E-state index < -0.39 is 5.82 Å². The first-order chi connectivity index (χ1) is 7.72. The average molecular weight is 225 g/mol. The van der Waals surface area contributed by atoms with Crippen LogP contribution in [0, 0.1) is 11.7 Å². The maximum atomic E-state index is 13.5. The molecule has 1 aliphatic rings. The largest absolute Gasteiger partial charge is 0.505 e. The van der Waals surface area contributed by atoms with Crippen LogP contribution < -0.4 is 10.1 Å². The van der Waals surface area contributed by atoms with Crippen LogP contribution in [-0.2, 0) is 6.42 Å². The fraction of sp³-hybridized carbons (Fsp3) is 0.500. The van der Waals surface area contributed by atoms with E-state index in [9.17, 15) is 9.50 Å². The van der Waals surface area contributed by atoms with Crippen molar-refractivity contribution in [1.82, 2.24) is 5.32 Å². The Labute approximate surface area is 94.2 Å². The summed E-state index contributed by atoms with van der Waals surface area (Å²) in [6, 6.07) is 3.12. The van der Waals surface area contributed by atoms with Crippen LogP contribution in [0.5, 0.6) is 11.5 Å². The van der Waals surface area contributed by atoms with Gasteiger partial charge in [0, 0.05) is 0 Å². The van der Waals surface area contributed by atoms with E-state index in [1.807, 2.05) is 0 Å². The summed E-state index contributed by atoms with van der Waals surface area (Å²) in [6.45, 7) is 1.99. The molecule has 2 N–H and O–H groups in total. The number of hydrogen-bond acceptors (Lipinski definition) is 3. The molecule has 4 heteroatoms. The SMILES string of the molecule is COc1c(CC2CCNC2)ccc(O)c1F. The normalized spacial score (nSPS) is 20.0. The van der Waals surface area contributed by atoms with Crippen molar-refractivity contribution >= 4 is 0 Å². The van der Waals surface area contributed by atoms with Crippen LogP contribution in [0.3, 0.4) is 0 Å². The van der Waals surface area contributed by atoms with Crippen LogP contribution in [0.4, 0.5) is 4.39 Å². The number of ether oxygens (including phenoxy) is 1. The van der Waals surface area contributed by atoms with Gasteiger partial charge in [0.1, 0.15) is 0 Å². The van der Waals surface area contributed by atoms with Crippen molar-refractivity contribution < 1.29 is 14.2 Å². The maximum Gasteiger partial charge on any atom is 0.206 e. The Balaban J connectivity index is 2.22. The summed E-state index contributed by atoms with van der Waals surface area (Å²) in [5.41, 5.74) is 0.825. The van der Waals surface area contributed by atoms with Gasteiger partial charge in [-0.3, -0.25) is 0 Å². The van der Waals surface area contributed by atoms with E-state index >= 15 is 0 Å². The van der Waals surface area contributed by atoms with Gasteiger partial charge in [0.25, 0.3) is 0 Å². The van der Waals surface area contributed by atoms with Gasteiger partial charge in [-0.15, -0.1) is 0 Å². The number of halogens is 1. The van der Waals surface area contributed by atoms with Crippen molar-refractivity contribution in [3.63, 3.8) is 0 Å². The van der Waals surface area contributed by atoms with Crippen LogP contribution in [0.25, 0.3) is 0 Å². The predicted molar refractivity (Wildman–Crippen MR) is 59.3 cm³/mol. The number of nitrogens with one attached hydrogen (secondary N) is 1. The van der Waals surface area contributed by atoms with E-state index in [1.165, 1.54) is 13.2 Å². The van der Waals surface area contributed by atoms with Gasteiger partial charge in [-0.25, -0.2) is 0 Å². The third-order valence-electron chi connectivity index (χ3n) is 3.03. The zero-order chi connectivity index (χ0) is 11.5. The Bertz CT molecular complexity index is 376. The predicted octanol–water partition coefficient (Wildman–Crippen LogP) is 1.69. The highest BCUT2D eigenvalue weighted by Crippen LogP contribution is 2.31. The maximum absolute atomic E-state index is 13.5. The second-order valence-electron chi connectivity index (χ2n) is 4.15. The Hall–Kier alpha value is -1.29. The third kappa shape index (κ3) is 2.11. The minimum Gasteiger partial charge on any atom is -0.505 e. The first kappa shape index (κ1) is 11.2. The molecule has 2 rings (SSSR count). The molecule has 88 valence electrons. The summed E-state index contributed by atoms with van der Waals surface area (Å²) >= 11 is 0. The van der Waals surface area contributed by atoms with Gasteiger partial charge >= 0.3 is 0 Å². The smallest absolute Gasteiger partial charge is 0.206 e. The molecule has 0 radical (unpaired) electrons. The first-order valence-corrected chi connectivity index (χ1v) is 5.47. The van der Waals surface area contributed by atoms with Crippen LogP contribution in [-0.4, -0.2) is 25.3 Å². The lowest BCUT2D eigenvalue weighted by Crippen LogP contribution is -2.11. The number of rotatable bonds is 3. The fourth-order valence-electron chi connectivity index (χ4n) is 2.17. The molecule has 0 aromatic heterocycles. The minimum atomic E-state index is -0.661. The Morgan fingerprint density at radius 2 is 2.38 bits per heavy atom. The quantitative estimate of drug-likeness (QED) is 0.822. The number of methoxy groups -OCH3 is 1. The summed E-state index contributed by atoms with van der Waals surface area (Å²) in [7, 11) is 1.42. The van der Waals surface area contributed by atoms with Crippen LogP contribution in [0.15, 0.2) is 12.1 Å². The van der Waals surface area contributed by atoms with Gasteiger partial charge < -0.3 is 15.2 Å². The van der Waals surface area contributed by atoms with E-state index in [4.69, 9.17) is 4.74 Å². The molecule has 1 unspecified atom stereocenters. The van der Waals surface area contributed by atoms with Crippen molar-refractivity contribution in [3.8, 4) is 11.5 Å². The lowest BCUT2D eigenvalue weighted by Gasteiger charge is -2.13. The highest BCUT2D eigenvalue weighted by Gasteiger charge is 2.19. The number of hydrogen-bond donors (Lipinski definition) is 2. The molecule has 0 spiro atoms. The van der Waals surface area contributed by atoms with Crippen LogP contribution in [0.1, 0.15) is 12.0 Å². The molecular formula is C12H16FNO2. The summed E-state index contributed by atoms with van der Waals surface area (Å²) < 4.78 is 18.6. The van der Waals surface area contributed by atoms with Crippen molar-refractivity contribution in [3.05, 3.63) is 23.5 Å². The van der Waals surface area contributed by atoms with Gasteiger partial charge in [-0.2, -0.15) is 4.39 Å². The highest BCUT2D eigenvalue weighted by atomic mass is 19.1. The standard InChI is InChI=1S/C12H16FNO2/c1-16-12-9(2-3-10(15)11(12)13)6-8-4-5-14-7-8/h2-3,8,14-15H,4-7H2,1H3. The van der Waals surface area contributed by atoms with Crippen molar-refractivity contribution in [2.45, 2.75) is 12.8 Å². The minimum absolute atomic E-state index is 0.173. The molecule has 1 heterocycles. The van der Waals surface area contributed by atoms with E-state index in [-0.39, 0.29) is 11.5 Å². The van der Waals surface area contributed by atoms with E-state index in [2.05, 4.69) is 5.32 Å². The van der Waals surface area contributed by atoms with Crippen LogP contribution >= 0.6 is 0 Å². The molecule has 1 fully saturated rings. The molecule has 1 atom stereocenters. The highest BCUT2D eigenvalue weighted by molar-refractivity contribution is 5.42. The second kappa shape index (κ2) is 4.70. The number of aromatic hydroxyl groups is 1. The van der Waals surface area contributed by atoms with Gasteiger partial charge in [-0.05, 0) is 43.5 Å². The molecule has 0 bridgehead atoms. The molecule has 0 saturated carbocycles. The van der Waals surface area contributed by atoms with Crippen molar-refractivity contribution in [1.29, 1.82) is 0 Å². The summed E-state index contributed by atoms with van der Waals surface area (Å²) in [6.07, 6.45) is 1.89. The Morgan fingerprint density at radius 3 is 3.00 bits per heavy atom. The average Bonchev–Trinajstić information content (AvgIpc) is 2.77. The number of phenolic OH excluding ortho intramolecular Hbond substituents is 1. The molecule has 0 aliphatic carbocycles. The van der Waals surface area contributed by atoms with Crippen LogP contribution in [0.2, 0.25) is 0 Å². The molecule has 0 amide bonds.